The first-order chi connectivity index (χ1) is 3.85. The molecule has 0 fully saturated rings. The zero-order valence-electron chi connectivity index (χ0n) is 7.52. The lowest BCUT2D eigenvalue weighted by Crippen LogP contribution is -2.49. The second-order valence-electron chi connectivity index (χ2n) is 3.88. The van der Waals surface area contributed by atoms with Gasteiger partial charge in [0.05, 0.1) is 0 Å². The molecule has 0 heterocycles. The molecule has 0 N–H and O–H groups in total. The largest absolute Gasteiger partial charge is 0.368 e. The van der Waals surface area contributed by atoms with E-state index in [1.165, 1.54) is 0 Å². The first kappa shape index (κ1) is 9.24. The summed E-state index contributed by atoms with van der Waals surface area (Å²) in [6, 6.07) is 0. The Bertz CT molecular complexity index is 87.5. The zero-order chi connectivity index (χ0) is 7.65. The molecule has 9 heavy (non-hydrogen) atoms. The van der Waals surface area contributed by atoms with E-state index in [1.54, 1.807) is 0 Å². The lowest BCUT2D eigenvalue weighted by Gasteiger charge is -2.32. The number of nitrogens with zero attached hydrogens (tertiary/aromatic N) is 1. The van der Waals surface area contributed by atoms with Crippen LogP contribution in [-0.2, 0) is 0 Å². The quantitative estimate of drug-likeness (QED) is 0.534. The smallest absolute Gasteiger partial charge is 0.209 e. The third-order valence-corrected chi connectivity index (χ3v) is 4.47. The van der Waals surface area contributed by atoms with Gasteiger partial charge in [-0.2, -0.15) is 0 Å². The summed E-state index contributed by atoms with van der Waals surface area (Å²) < 4.78 is 2.49. The normalized spacial score (nSPS) is 12.3. The fourth-order valence-corrected chi connectivity index (χ4v) is 2.32. The Labute approximate surface area is 60.6 Å². The Morgan fingerprint density at radius 2 is 1.44 bits per heavy atom. The van der Waals surface area contributed by atoms with Crippen molar-refractivity contribution in [1.82, 2.24) is 4.48 Å². The zero-order valence-corrected chi connectivity index (χ0v) is 8.52. The van der Waals surface area contributed by atoms with Crippen molar-refractivity contribution in [1.29, 1.82) is 0 Å². The molecule has 0 aromatic carbocycles. The maximum atomic E-state index is 2.49. The Morgan fingerprint density at radius 1 is 1.11 bits per heavy atom. The van der Waals surface area contributed by atoms with Gasteiger partial charge in [0.1, 0.15) is 8.24 Å². The molecule has 0 aliphatic carbocycles. The summed E-state index contributed by atoms with van der Waals surface area (Å²) in [5, 5.41) is 0. The van der Waals surface area contributed by atoms with Crippen LogP contribution >= 0.6 is 0 Å². The van der Waals surface area contributed by atoms with Gasteiger partial charge < -0.3 is 4.48 Å². The van der Waals surface area contributed by atoms with Crippen LogP contribution in [0.3, 0.4) is 0 Å². The summed E-state index contributed by atoms with van der Waals surface area (Å²) in [5.74, 6) is 0. The molecular formula is C6H18BNSi. The first-order valence-electron chi connectivity index (χ1n) is 3.58. The molecule has 54 valence electrons. The van der Waals surface area contributed by atoms with E-state index in [0.717, 1.165) is 0 Å². The molecule has 0 rings (SSSR count). The van der Waals surface area contributed by atoms with Crippen LogP contribution in [0.5, 0.6) is 0 Å². The van der Waals surface area contributed by atoms with Gasteiger partial charge in [-0.05, 0) is 7.05 Å². The molecule has 0 atom stereocenters. The van der Waals surface area contributed by atoms with Gasteiger partial charge in [-0.3, -0.25) is 0 Å². The van der Waals surface area contributed by atoms with Crippen LogP contribution in [0, 0.1) is 0 Å². The fourth-order valence-electron chi connectivity index (χ4n) is 0.775. The molecule has 0 bridgehead atoms. The van der Waals surface area contributed by atoms with Crippen molar-refractivity contribution in [3.8, 4) is 0 Å². The van der Waals surface area contributed by atoms with Crippen LogP contribution < -0.4 is 0 Å². The van der Waals surface area contributed by atoms with Crippen molar-refractivity contribution in [2.24, 2.45) is 0 Å². The van der Waals surface area contributed by atoms with Crippen LogP contribution in [0.25, 0.3) is 0 Å². The molecule has 0 aliphatic rings. The average molecular weight is 143 g/mol. The van der Waals surface area contributed by atoms with Gasteiger partial charge in [-0.25, -0.2) is 0 Å². The van der Waals surface area contributed by atoms with E-state index in [4.69, 9.17) is 0 Å². The summed E-state index contributed by atoms with van der Waals surface area (Å²) in [5.41, 5.74) is 0. The average Bonchev–Trinajstić information content (AvgIpc) is 1.62. The minimum Gasteiger partial charge on any atom is -0.368 e. The van der Waals surface area contributed by atoms with E-state index in [0.29, 0.717) is 6.85 Å². The molecule has 0 saturated carbocycles. The van der Waals surface area contributed by atoms with Gasteiger partial charge in [0.25, 0.3) is 0 Å². The summed E-state index contributed by atoms with van der Waals surface area (Å²) in [6.45, 7) is 12.3. The lowest BCUT2D eigenvalue weighted by atomic mass is 9.69. The number of hydrogen-bond acceptors (Lipinski definition) is 1. The van der Waals surface area contributed by atoms with Gasteiger partial charge in [-0.15, -0.1) is 0 Å². The topological polar surface area (TPSA) is 3.24 Å². The van der Waals surface area contributed by atoms with Gasteiger partial charge >= 0.3 is 0 Å². The van der Waals surface area contributed by atoms with Crippen molar-refractivity contribution in [3.63, 3.8) is 0 Å². The summed E-state index contributed by atoms with van der Waals surface area (Å²) in [6.07, 6.45) is 0. The van der Waals surface area contributed by atoms with Crippen LogP contribution in [0.2, 0.25) is 33.3 Å². The molecule has 0 amide bonds. The molecule has 0 aromatic heterocycles. The van der Waals surface area contributed by atoms with Crippen LogP contribution in [-0.4, -0.2) is 26.6 Å². The second-order valence-corrected chi connectivity index (χ2v) is 8.92. The van der Waals surface area contributed by atoms with Crippen molar-refractivity contribution >= 4 is 15.1 Å². The van der Waals surface area contributed by atoms with Gasteiger partial charge in [0, 0.05) is 0 Å². The standard InChI is InChI=1S/C6H18BNSi/c1-7(2)8(3)9(4,5)6/h1-6H3. The number of rotatable bonds is 2. The lowest BCUT2D eigenvalue weighted by molar-refractivity contribution is 0.784. The van der Waals surface area contributed by atoms with Gasteiger partial charge in [-0.1, -0.05) is 33.3 Å². The molecule has 0 aliphatic heterocycles. The Hall–Kier alpha value is 0.242. The highest BCUT2D eigenvalue weighted by Gasteiger charge is 2.22. The molecular weight excluding hydrogens is 125 g/mol. The number of hydrogen-bond donors (Lipinski definition) is 0. The predicted molar refractivity (Wildman–Crippen MR) is 48.6 cm³/mol. The van der Waals surface area contributed by atoms with Gasteiger partial charge in [0.2, 0.25) is 6.85 Å². The molecule has 0 spiro atoms. The van der Waals surface area contributed by atoms with E-state index in [9.17, 15) is 0 Å². The Morgan fingerprint density at radius 3 is 1.44 bits per heavy atom. The predicted octanol–water partition coefficient (Wildman–Crippen LogP) is 2.00. The van der Waals surface area contributed by atoms with Gasteiger partial charge in [0.15, 0.2) is 0 Å². The minimum atomic E-state index is -0.990. The fraction of sp³-hybridized carbons (Fsp3) is 1.00. The maximum absolute atomic E-state index is 2.49. The van der Waals surface area contributed by atoms with E-state index in [-0.39, 0.29) is 0 Å². The Balaban J connectivity index is 3.88. The maximum Gasteiger partial charge on any atom is 0.209 e. The highest BCUT2D eigenvalue weighted by molar-refractivity contribution is 6.82. The van der Waals surface area contributed by atoms with Crippen LogP contribution in [0.1, 0.15) is 0 Å². The van der Waals surface area contributed by atoms with E-state index < -0.39 is 8.24 Å². The van der Waals surface area contributed by atoms with Crippen molar-refractivity contribution in [2.45, 2.75) is 33.3 Å². The van der Waals surface area contributed by atoms with Crippen molar-refractivity contribution in [3.05, 3.63) is 0 Å². The van der Waals surface area contributed by atoms with E-state index >= 15 is 0 Å². The minimum absolute atomic E-state index is 0.705. The first-order valence-corrected chi connectivity index (χ1v) is 7.03. The third-order valence-electron chi connectivity index (χ3n) is 1.83. The summed E-state index contributed by atoms with van der Waals surface area (Å²) in [4.78, 5) is 0. The van der Waals surface area contributed by atoms with E-state index in [1.807, 2.05) is 0 Å². The Kier molecular flexibility index (Phi) is 2.96. The second kappa shape index (κ2) is 2.88. The monoisotopic (exact) mass is 143 g/mol. The van der Waals surface area contributed by atoms with E-state index in [2.05, 4.69) is 44.8 Å². The summed E-state index contributed by atoms with van der Waals surface area (Å²) in [7, 11) is 1.23. The molecule has 0 aromatic rings. The molecule has 0 unspecified atom stereocenters. The third kappa shape index (κ3) is 3.06. The molecule has 1 nitrogen and oxygen atoms in total. The van der Waals surface area contributed by atoms with Crippen LogP contribution in [0.15, 0.2) is 0 Å². The highest BCUT2D eigenvalue weighted by Crippen LogP contribution is 2.07. The SMILES string of the molecule is CB(C)N(C)[Si](C)(C)C. The molecule has 0 saturated heterocycles. The highest BCUT2D eigenvalue weighted by atomic mass is 28.3. The van der Waals surface area contributed by atoms with Crippen molar-refractivity contribution in [2.75, 3.05) is 7.05 Å². The summed E-state index contributed by atoms with van der Waals surface area (Å²) >= 11 is 0. The van der Waals surface area contributed by atoms with Crippen molar-refractivity contribution < 1.29 is 0 Å². The molecule has 0 radical (unpaired) electrons. The molecule has 3 heteroatoms. The van der Waals surface area contributed by atoms with Crippen LogP contribution in [0.4, 0.5) is 0 Å².